The lowest BCUT2D eigenvalue weighted by Gasteiger charge is -2.28. The van der Waals surface area contributed by atoms with E-state index in [0.717, 1.165) is 12.8 Å². The summed E-state index contributed by atoms with van der Waals surface area (Å²) in [6.45, 7) is 7.41. The molecule has 0 fully saturated rings. The van der Waals surface area contributed by atoms with Crippen LogP contribution in [0.1, 0.15) is 40.5 Å². The van der Waals surface area contributed by atoms with Gasteiger partial charge in [-0.25, -0.2) is 4.79 Å². The number of carbonyl (C=O) groups excluding carboxylic acids is 2. The van der Waals surface area contributed by atoms with Crippen molar-refractivity contribution >= 4 is 23.5 Å². The van der Waals surface area contributed by atoms with Crippen molar-refractivity contribution in [2.45, 2.75) is 51.5 Å². The van der Waals surface area contributed by atoms with Crippen molar-refractivity contribution in [2.24, 2.45) is 0 Å². The Hall–Kier alpha value is -0.770. The van der Waals surface area contributed by atoms with E-state index in [9.17, 15) is 9.59 Å². The van der Waals surface area contributed by atoms with Crippen LogP contribution in [0.3, 0.4) is 0 Å². The summed E-state index contributed by atoms with van der Waals surface area (Å²) in [4.78, 5) is 22.5. The van der Waals surface area contributed by atoms with E-state index in [4.69, 9.17) is 11.6 Å². The van der Waals surface area contributed by atoms with Gasteiger partial charge in [-0.15, -0.1) is 11.6 Å². The first-order valence-electron chi connectivity index (χ1n) is 5.11. The Morgan fingerprint density at radius 2 is 1.80 bits per heavy atom. The molecule has 2 N–H and O–H groups in total. The molecular formula is C10H19ClN2O2. The zero-order valence-corrected chi connectivity index (χ0v) is 10.4. The fourth-order valence-corrected chi connectivity index (χ4v) is 0.998. The van der Waals surface area contributed by atoms with Crippen LogP contribution in [0.4, 0.5) is 4.79 Å². The fourth-order valence-electron chi connectivity index (χ4n) is 0.943. The van der Waals surface area contributed by atoms with Crippen LogP contribution in [-0.4, -0.2) is 22.9 Å². The average molecular weight is 235 g/mol. The van der Waals surface area contributed by atoms with Crippen LogP contribution in [0.15, 0.2) is 0 Å². The van der Waals surface area contributed by atoms with Crippen molar-refractivity contribution in [1.29, 1.82) is 0 Å². The summed E-state index contributed by atoms with van der Waals surface area (Å²) in [6, 6.07) is -0.487. The van der Waals surface area contributed by atoms with Crippen molar-refractivity contribution in [3.8, 4) is 0 Å². The maximum Gasteiger partial charge on any atom is 0.321 e. The molecule has 0 aliphatic rings. The van der Waals surface area contributed by atoms with Crippen molar-refractivity contribution in [2.75, 3.05) is 0 Å². The van der Waals surface area contributed by atoms with Gasteiger partial charge in [0.15, 0.2) is 0 Å². The average Bonchev–Trinajstić information content (AvgIpc) is 2.17. The van der Waals surface area contributed by atoms with Gasteiger partial charge in [0.2, 0.25) is 5.91 Å². The second kappa shape index (κ2) is 5.95. The van der Waals surface area contributed by atoms with Gasteiger partial charge in [0.05, 0.1) is 0 Å². The Morgan fingerprint density at radius 1 is 1.33 bits per heavy atom. The van der Waals surface area contributed by atoms with Gasteiger partial charge in [-0.2, -0.15) is 0 Å². The predicted octanol–water partition coefficient (Wildman–Crippen LogP) is 2.02. The van der Waals surface area contributed by atoms with Crippen molar-refractivity contribution in [1.82, 2.24) is 10.6 Å². The van der Waals surface area contributed by atoms with E-state index in [0.29, 0.717) is 0 Å². The van der Waals surface area contributed by atoms with Gasteiger partial charge in [0.1, 0.15) is 5.38 Å². The summed E-state index contributed by atoms with van der Waals surface area (Å²) in [7, 11) is 0. The normalized spacial score (nSPS) is 13.1. The number of alkyl halides is 1. The van der Waals surface area contributed by atoms with E-state index in [-0.39, 0.29) is 5.54 Å². The third kappa shape index (κ3) is 5.02. The molecule has 0 aromatic rings. The van der Waals surface area contributed by atoms with Crippen LogP contribution in [0.25, 0.3) is 0 Å². The number of urea groups is 1. The largest absolute Gasteiger partial charge is 0.333 e. The van der Waals surface area contributed by atoms with Gasteiger partial charge in [-0.05, 0) is 26.7 Å². The van der Waals surface area contributed by atoms with Gasteiger partial charge < -0.3 is 5.32 Å². The Bertz CT molecular complexity index is 238. The molecule has 88 valence electrons. The van der Waals surface area contributed by atoms with Gasteiger partial charge in [0, 0.05) is 5.54 Å². The molecule has 15 heavy (non-hydrogen) atoms. The van der Waals surface area contributed by atoms with Crippen molar-refractivity contribution < 1.29 is 9.59 Å². The molecule has 0 aliphatic carbocycles. The van der Waals surface area contributed by atoms with Gasteiger partial charge in [-0.3, -0.25) is 10.1 Å². The first-order valence-corrected chi connectivity index (χ1v) is 5.55. The molecule has 0 aromatic carbocycles. The second-order valence-electron chi connectivity index (χ2n) is 3.83. The maximum absolute atomic E-state index is 11.4. The Kier molecular flexibility index (Phi) is 5.65. The summed E-state index contributed by atoms with van der Waals surface area (Å²) < 4.78 is 0. The van der Waals surface area contributed by atoms with E-state index in [1.165, 1.54) is 6.92 Å². The van der Waals surface area contributed by atoms with E-state index in [1.807, 2.05) is 20.8 Å². The Labute approximate surface area is 95.7 Å². The third-order valence-corrected chi connectivity index (χ3v) is 2.77. The van der Waals surface area contributed by atoms with E-state index in [1.54, 1.807) is 0 Å². The highest BCUT2D eigenvalue weighted by Crippen LogP contribution is 2.12. The molecule has 4 nitrogen and oxygen atoms in total. The van der Waals surface area contributed by atoms with Crippen LogP contribution in [0.5, 0.6) is 0 Å². The monoisotopic (exact) mass is 234 g/mol. The quantitative estimate of drug-likeness (QED) is 0.732. The van der Waals surface area contributed by atoms with Gasteiger partial charge in [0.25, 0.3) is 0 Å². The molecule has 0 saturated carbocycles. The standard InChI is InChI=1S/C10H19ClN2O2/c1-5-10(4,6-2)13-9(15)12-8(14)7(3)11/h7H,5-6H2,1-4H3,(H2,12,13,14,15). The molecule has 0 aromatic heterocycles. The minimum atomic E-state index is -0.703. The van der Waals surface area contributed by atoms with Crippen LogP contribution in [0.2, 0.25) is 0 Å². The summed E-state index contributed by atoms with van der Waals surface area (Å²) >= 11 is 5.52. The molecule has 1 atom stereocenters. The third-order valence-electron chi connectivity index (χ3n) is 2.57. The summed E-state index contributed by atoms with van der Waals surface area (Å²) in [5, 5.41) is 4.23. The minimum absolute atomic E-state index is 0.278. The molecule has 5 heteroatoms. The number of hydrogen-bond donors (Lipinski definition) is 2. The van der Waals surface area contributed by atoms with Crippen molar-refractivity contribution in [3.05, 3.63) is 0 Å². The first-order chi connectivity index (χ1) is 6.84. The SMILES string of the molecule is CCC(C)(CC)NC(=O)NC(=O)C(C)Cl. The molecule has 3 amide bonds. The number of hydrogen-bond acceptors (Lipinski definition) is 2. The van der Waals surface area contributed by atoms with E-state index in [2.05, 4.69) is 10.6 Å². The summed E-state index contributed by atoms with van der Waals surface area (Å²) in [5.41, 5.74) is -0.278. The Balaban J connectivity index is 4.20. The number of imide groups is 1. The summed E-state index contributed by atoms with van der Waals surface area (Å²) in [6.07, 6.45) is 1.61. The number of carbonyl (C=O) groups is 2. The Morgan fingerprint density at radius 3 is 2.13 bits per heavy atom. The predicted molar refractivity (Wildman–Crippen MR) is 61.0 cm³/mol. The zero-order chi connectivity index (χ0) is 12.1. The molecule has 0 heterocycles. The number of nitrogens with one attached hydrogen (secondary N) is 2. The zero-order valence-electron chi connectivity index (χ0n) is 9.69. The highest BCUT2D eigenvalue weighted by molar-refractivity contribution is 6.31. The first kappa shape index (κ1) is 14.2. The highest BCUT2D eigenvalue weighted by Gasteiger charge is 2.23. The molecule has 0 radical (unpaired) electrons. The number of rotatable bonds is 4. The van der Waals surface area contributed by atoms with Crippen LogP contribution >= 0.6 is 11.6 Å². The van der Waals surface area contributed by atoms with Crippen LogP contribution in [-0.2, 0) is 4.79 Å². The molecule has 0 rings (SSSR count). The van der Waals surface area contributed by atoms with Crippen molar-refractivity contribution in [3.63, 3.8) is 0 Å². The lowest BCUT2D eigenvalue weighted by Crippen LogP contribution is -2.51. The van der Waals surface area contributed by atoms with E-state index >= 15 is 0 Å². The summed E-state index contributed by atoms with van der Waals surface area (Å²) in [5.74, 6) is -0.483. The second-order valence-corrected chi connectivity index (χ2v) is 4.48. The molecule has 0 spiro atoms. The van der Waals surface area contributed by atoms with Gasteiger partial charge >= 0.3 is 6.03 Å². The lowest BCUT2D eigenvalue weighted by molar-refractivity contribution is -0.119. The van der Waals surface area contributed by atoms with E-state index < -0.39 is 17.3 Å². The fraction of sp³-hybridized carbons (Fsp3) is 0.800. The highest BCUT2D eigenvalue weighted by atomic mass is 35.5. The smallest absolute Gasteiger partial charge is 0.321 e. The molecule has 0 bridgehead atoms. The molecule has 0 saturated heterocycles. The topological polar surface area (TPSA) is 58.2 Å². The van der Waals surface area contributed by atoms with Crippen LogP contribution in [0, 0.1) is 0 Å². The molecular weight excluding hydrogens is 216 g/mol. The minimum Gasteiger partial charge on any atom is -0.333 e. The van der Waals surface area contributed by atoms with Crippen LogP contribution < -0.4 is 10.6 Å². The van der Waals surface area contributed by atoms with Gasteiger partial charge in [-0.1, -0.05) is 13.8 Å². The lowest BCUT2D eigenvalue weighted by atomic mass is 9.96. The molecule has 1 unspecified atom stereocenters. The number of halogens is 1. The maximum atomic E-state index is 11.4. The number of amides is 3. The molecule has 0 aliphatic heterocycles.